The van der Waals surface area contributed by atoms with Crippen molar-refractivity contribution in [1.82, 2.24) is 15.2 Å². The number of piperidine rings is 1. The summed E-state index contributed by atoms with van der Waals surface area (Å²) in [6.45, 7) is 5.16. The fraction of sp³-hybridized carbons (Fsp3) is 0.360. The van der Waals surface area contributed by atoms with Crippen molar-refractivity contribution in [3.05, 3.63) is 65.3 Å². The van der Waals surface area contributed by atoms with Crippen LogP contribution in [-0.2, 0) is 0 Å². The molecule has 0 saturated carbocycles. The van der Waals surface area contributed by atoms with Crippen LogP contribution < -0.4 is 5.32 Å². The first-order chi connectivity index (χ1) is 14.6. The van der Waals surface area contributed by atoms with Crippen molar-refractivity contribution in [3.63, 3.8) is 0 Å². The van der Waals surface area contributed by atoms with Crippen molar-refractivity contribution in [2.24, 2.45) is 0 Å². The number of rotatable bonds is 6. The van der Waals surface area contributed by atoms with Crippen LogP contribution in [0.3, 0.4) is 0 Å². The Balaban J connectivity index is 1.49. The number of likely N-dealkylation sites (tertiary alicyclic amines) is 1. The predicted octanol–water partition coefficient (Wildman–Crippen LogP) is 5.55. The molecule has 0 spiro atoms. The molecule has 1 aliphatic heterocycles. The normalized spacial score (nSPS) is 17.2. The second-order valence-electron chi connectivity index (χ2n) is 8.07. The Labute approximate surface area is 183 Å². The molecular formula is C25H28ClN3O. The van der Waals surface area contributed by atoms with Gasteiger partial charge in [-0.15, -0.1) is 0 Å². The third-order valence-electron chi connectivity index (χ3n) is 5.94. The molecule has 0 radical (unpaired) electrons. The summed E-state index contributed by atoms with van der Waals surface area (Å²) in [7, 11) is 0. The van der Waals surface area contributed by atoms with Crippen molar-refractivity contribution in [2.75, 3.05) is 19.6 Å². The van der Waals surface area contributed by atoms with Gasteiger partial charge in [0.05, 0.1) is 5.69 Å². The van der Waals surface area contributed by atoms with Gasteiger partial charge in [-0.1, -0.05) is 54.4 Å². The lowest BCUT2D eigenvalue weighted by Gasteiger charge is -2.33. The van der Waals surface area contributed by atoms with Gasteiger partial charge in [-0.3, -0.25) is 4.79 Å². The molecule has 1 saturated heterocycles. The molecule has 0 bridgehead atoms. The van der Waals surface area contributed by atoms with Crippen LogP contribution >= 0.6 is 11.6 Å². The monoisotopic (exact) mass is 421 g/mol. The van der Waals surface area contributed by atoms with Gasteiger partial charge in [-0.25, -0.2) is 4.98 Å². The minimum atomic E-state index is -0.117. The zero-order chi connectivity index (χ0) is 20.9. The zero-order valence-corrected chi connectivity index (χ0v) is 18.2. The van der Waals surface area contributed by atoms with Crippen LogP contribution in [-0.4, -0.2) is 41.5 Å². The number of fused-ring (bicyclic) bond motifs is 1. The smallest absolute Gasteiger partial charge is 0.270 e. The third kappa shape index (κ3) is 4.82. The van der Waals surface area contributed by atoms with E-state index in [1.165, 1.54) is 25.8 Å². The molecule has 2 aromatic carbocycles. The Bertz CT molecular complexity index is 1020. The topological polar surface area (TPSA) is 45.2 Å². The largest absolute Gasteiger partial charge is 0.351 e. The van der Waals surface area contributed by atoms with Crippen LogP contribution in [0.4, 0.5) is 0 Å². The molecule has 1 amide bonds. The Morgan fingerprint density at radius 1 is 1.17 bits per heavy atom. The van der Waals surface area contributed by atoms with Gasteiger partial charge in [-0.2, -0.15) is 0 Å². The quantitative estimate of drug-likeness (QED) is 0.531. The SMILES string of the molecule is CC1CCCCN1CCCNC(=O)c1nc(-c2ccc(Cl)cc2)cc2ccccc12. The van der Waals surface area contributed by atoms with Gasteiger partial charge >= 0.3 is 0 Å². The summed E-state index contributed by atoms with van der Waals surface area (Å²) in [5.74, 6) is -0.117. The van der Waals surface area contributed by atoms with E-state index < -0.39 is 0 Å². The molecule has 156 valence electrons. The Hall–Kier alpha value is -2.43. The highest BCUT2D eigenvalue weighted by Gasteiger charge is 2.18. The molecule has 4 rings (SSSR count). The Morgan fingerprint density at radius 3 is 2.77 bits per heavy atom. The molecule has 2 heterocycles. The molecule has 5 heteroatoms. The van der Waals surface area contributed by atoms with Crippen LogP contribution in [0.5, 0.6) is 0 Å². The maximum atomic E-state index is 13.0. The number of carbonyl (C=O) groups excluding carboxylic acids is 1. The lowest BCUT2D eigenvalue weighted by molar-refractivity contribution is 0.0946. The van der Waals surface area contributed by atoms with E-state index in [0.29, 0.717) is 23.3 Å². The number of nitrogens with one attached hydrogen (secondary N) is 1. The Morgan fingerprint density at radius 2 is 1.97 bits per heavy atom. The van der Waals surface area contributed by atoms with Crippen LogP contribution in [0, 0.1) is 0 Å². The number of halogens is 1. The molecule has 1 N–H and O–H groups in total. The lowest BCUT2D eigenvalue weighted by atomic mass is 10.0. The van der Waals surface area contributed by atoms with E-state index in [0.717, 1.165) is 35.0 Å². The molecule has 1 atom stereocenters. The fourth-order valence-electron chi connectivity index (χ4n) is 4.20. The first-order valence-corrected chi connectivity index (χ1v) is 11.2. The van der Waals surface area contributed by atoms with Crippen molar-refractivity contribution in [3.8, 4) is 11.3 Å². The molecule has 1 aliphatic rings. The van der Waals surface area contributed by atoms with Gasteiger partial charge in [-0.05, 0) is 56.3 Å². The van der Waals surface area contributed by atoms with Crippen molar-refractivity contribution in [1.29, 1.82) is 0 Å². The van der Waals surface area contributed by atoms with Crippen molar-refractivity contribution >= 4 is 28.3 Å². The highest BCUT2D eigenvalue weighted by Crippen LogP contribution is 2.26. The van der Waals surface area contributed by atoms with Gasteiger partial charge in [0.25, 0.3) is 5.91 Å². The highest BCUT2D eigenvalue weighted by molar-refractivity contribution is 6.30. The first-order valence-electron chi connectivity index (χ1n) is 10.8. The van der Waals surface area contributed by atoms with Gasteiger partial charge < -0.3 is 10.2 Å². The molecule has 0 aliphatic carbocycles. The van der Waals surface area contributed by atoms with Crippen molar-refractivity contribution < 1.29 is 4.79 Å². The maximum Gasteiger partial charge on any atom is 0.270 e. The summed E-state index contributed by atoms with van der Waals surface area (Å²) in [5, 5.41) is 5.64. The second-order valence-corrected chi connectivity index (χ2v) is 8.51. The highest BCUT2D eigenvalue weighted by atomic mass is 35.5. The minimum Gasteiger partial charge on any atom is -0.351 e. The average molecular weight is 422 g/mol. The molecule has 3 aromatic rings. The van der Waals surface area contributed by atoms with E-state index >= 15 is 0 Å². The molecular weight excluding hydrogens is 394 g/mol. The summed E-state index contributed by atoms with van der Waals surface area (Å²) in [6, 6.07) is 18.1. The zero-order valence-electron chi connectivity index (χ0n) is 17.4. The van der Waals surface area contributed by atoms with E-state index in [1.807, 2.05) is 54.6 Å². The standard InChI is InChI=1S/C25H28ClN3O/c1-18-7-4-5-15-29(18)16-6-14-27-25(30)24-22-9-3-2-8-20(22)17-23(28-24)19-10-12-21(26)13-11-19/h2-3,8-13,17-18H,4-7,14-16H2,1H3,(H,27,30). The second kappa shape index (κ2) is 9.59. The third-order valence-corrected chi connectivity index (χ3v) is 6.20. The number of pyridine rings is 1. The number of amides is 1. The van der Waals surface area contributed by atoms with Crippen LogP contribution in [0.1, 0.15) is 43.1 Å². The fourth-order valence-corrected chi connectivity index (χ4v) is 4.32. The summed E-state index contributed by atoms with van der Waals surface area (Å²) in [4.78, 5) is 20.3. The van der Waals surface area contributed by atoms with E-state index in [1.54, 1.807) is 0 Å². The van der Waals surface area contributed by atoms with E-state index in [4.69, 9.17) is 16.6 Å². The van der Waals surface area contributed by atoms with Gasteiger partial charge in [0.2, 0.25) is 0 Å². The molecule has 1 unspecified atom stereocenters. The summed E-state index contributed by atoms with van der Waals surface area (Å²) >= 11 is 6.02. The van der Waals surface area contributed by atoms with Crippen LogP contribution in [0.2, 0.25) is 5.02 Å². The molecule has 30 heavy (non-hydrogen) atoms. The number of benzene rings is 2. The summed E-state index contributed by atoms with van der Waals surface area (Å²) in [5.41, 5.74) is 2.19. The van der Waals surface area contributed by atoms with Gasteiger partial charge in [0, 0.05) is 35.1 Å². The van der Waals surface area contributed by atoms with E-state index in [2.05, 4.69) is 17.1 Å². The molecule has 4 nitrogen and oxygen atoms in total. The van der Waals surface area contributed by atoms with Crippen molar-refractivity contribution in [2.45, 2.75) is 38.6 Å². The van der Waals surface area contributed by atoms with Crippen LogP contribution in [0.15, 0.2) is 54.6 Å². The number of hydrogen-bond donors (Lipinski definition) is 1. The van der Waals surface area contributed by atoms with Gasteiger partial charge in [0.15, 0.2) is 0 Å². The number of hydrogen-bond acceptors (Lipinski definition) is 3. The summed E-state index contributed by atoms with van der Waals surface area (Å²) < 4.78 is 0. The number of nitrogens with zero attached hydrogens (tertiary/aromatic N) is 2. The average Bonchev–Trinajstić information content (AvgIpc) is 2.77. The lowest BCUT2D eigenvalue weighted by Crippen LogP contribution is -2.39. The predicted molar refractivity (Wildman–Crippen MR) is 124 cm³/mol. The first kappa shape index (κ1) is 20.8. The molecule has 1 fully saturated rings. The van der Waals surface area contributed by atoms with Crippen LogP contribution in [0.25, 0.3) is 22.0 Å². The summed E-state index contributed by atoms with van der Waals surface area (Å²) in [6.07, 6.45) is 4.84. The van der Waals surface area contributed by atoms with E-state index in [-0.39, 0.29) is 5.91 Å². The number of aromatic nitrogens is 1. The number of carbonyl (C=O) groups is 1. The van der Waals surface area contributed by atoms with Gasteiger partial charge in [0.1, 0.15) is 5.69 Å². The van der Waals surface area contributed by atoms with E-state index in [9.17, 15) is 4.79 Å². The minimum absolute atomic E-state index is 0.117. The maximum absolute atomic E-state index is 13.0. The Kier molecular flexibility index (Phi) is 6.66. The molecule has 1 aromatic heterocycles.